The van der Waals surface area contributed by atoms with Crippen molar-refractivity contribution in [1.29, 1.82) is 0 Å². The minimum atomic E-state index is -0.278. The van der Waals surface area contributed by atoms with Gasteiger partial charge in [0.15, 0.2) is 0 Å². The lowest BCUT2D eigenvalue weighted by molar-refractivity contribution is 0.191. The average molecular weight is 193 g/mol. The van der Waals surface area contributed by atoms with Crippen LogP contribution in [0.4, 0.5) is 0 Å². The average Bonchev–Trinajstić information content (AvgIpc) is 2.10. The molecule has 0 amide bonds. The van der Waals surface area contributed by atoms with Gasteiger partial charge in [-0.05, 0) is 31.9 Å². The molecule has 0 heterocycles. The van der Waals surface area contributed by atoms with E-state index in [4.69, 9.17) is 5.11 Å². The van der Waals surface area contributed by atoms with E-state index in [1.165, 1.54) is 16.7 Å². The van der Waals surface area contributed by atoms with Gasteiger partial charge < -0.3 is 10.4 Å². The Morgan fingerprint density at radius 2 is 2.07 bits per heavy atom. The Bertz CT molecular complexity index is 294. The largest absolute Gasteiger partial charge is 0.392 e. The molecule has 1 atom stereocenters. The topological polar surface area (TPSA) is 32.3 Å². The highest BCUT2D eigenvalue weighted by Crippen LogP contribution is 2.09. The standard InChI is InChI=1S/C12H19NO/c1-9-4-5-10(2)12(6-9)8-13-7-11(3)14/h4-6,11,13-14H,7-8H2,1-3H3. The van der Waals surface area contributed by atoms with Gasteiger partial charge >= 0.3 is 0 Å². The Hall–Kier alpha value is -0.860. The van der Waals surface area contributed by atoms with E-state index in [2.05, 4.69) is 37.4 Å². The van der Waals surface area contributed by atoms with Crippen molar-refractivity contribution < 1.29 is 5.11 Å². The fourth-order valence-electron chi connectivity index (χ4n) is 1.41. The van der Waals surface area contributed by atoms with E-state index in [0.29, 0.717) is 6.54 Å². The molecule has 0 radical (unpaired) electrons. The van der Waals surface area contributed by atoms with Gasteiger partial charge in [-0.25, -0.2) is 0 Å². The maximum absolute atomic E-state index is 9.09. The Kier molecular flexibility index (Phi) is 4.11. The number of nitrogens with one attached hydrogen (secondary N) is 1. The molecule has 0 aromatic heterocycles. The molecule has 2 nitrogen and oxygen atoms in total. The molecular formula is C12H19NO. The first kappa shape index (κ1) is 11.2. The van der Waals surface area contributed by atoms with E-state index >= 15 is 0 Å². The molecular weight excluding hydrogens is 174 g/mol. The second kappa shape index (κ2) is 5.13. The number of rotatable bonds is 4. The van der Waals surface area contributed by atoms with Crippen molar-refractivity contribution in [1.82, 2.24) is 5.32 Å². The Balaban J connectivity index is 2.53. The van der Waals surface area contributed by atoms with Gasteiger partial charge in [0.2, 0.25) is 0 Å². The minimum absolute atomic E-state index is 0.278. The zero-order valence-corrected chi connectivity index (χ0v) is 9.17. The number of benzene rings is 1. The van der Waals surface area contributed by atoms with Crippen LogP contribution in [0.15, 0.2) is 18.2 Å². The minimum Gasteiger partial charge on any atom is -0.392 e. The Morgan fingerprint density at radius 3 is 2.71 bits per heavy atom. The van der Waals surface area contributed by atoms with E-state index in [-0.39, 0.29) is 6.10 Å². The molecule has 78 valence electrons. The van der Waals surface area contributed by atoms with Gasteiger partial charge in [0.1, 0.15) is 0 Å². The summed E-state index contributed by atoms with van der Waals surface area (Å²) in [6.45, 7) is 7.47. The molecule has 0 bridgehead atoms. The monoisotopic (exact) mass is 193 g/mol. The van der Waals surface area contributed by atoms with Gasteiger partial charge in [-0.3, -0.25) is 0 Å². The first-order chi connectivity index (χ1) is 6.59. The zero-order valence-electron chi connectivity index (χ0n) is 9.17. The second-order valence-corrected chi connectivity index (χ2v) is 3.91. The zero-order chi connectivity index (χ0) is 10.6. The lowest BCUT2D eigenvalue weighted by Crippen LogP contribution is -2.24. The van der Waals surface area contributed by atoms with Crippen molar-refractivity contribution in [3.05, 3.63) is 34.9 Å². The van der Waals surface area contributed by atoms with Gasteiger partial charge in [-0.2, -0.15) is 0 Å². The van der Waals surface area contributed by atoms with Gasteiger partial charge in [-0.1, -0.05) is 23.8 Å². The summed E-state index contributed by atoms with van der Waals surface area (Å²) in [5.41, 5.74) is 3.89. The van der Waals surface area contributed by atoms with E-state index < -0.39 is 0 Å². The van der Waals surface area contributed by atoms with E-state index in [9.17, 15) is 0 Å². The van der Waals surface area contributed by atoms with Crippen LogP contribution in [0, 0.1) is 13.8 Å². The van der Waals surface area contributed by atoms with Crippen LogP contribution in [0.5, 0.6) is 0 Å². The van der Waals surface area contributed by atoms with Crippen LogP contribution in [-0.4, -0.2) is 17.8 Å². The van der Waals surface area contributed by atoms with Gasteiger partial charge in [0, 0.05) is 13.1 Å². The SMILES string of the molecule is Cc1ccc(C)c(CNCC(C)O)c1. The molecule has 0 spiro atoms. The number of aliphatic hydroxyl groups excluding tert-OH is 1. The Morgan fingerprint density at radius 1 is 1.36 bits per heavy atom. The highest BCUT2D eigenvalue weighted by atomic mass is 16.3. The third kappa shape index (κ3) is 3.48. The fourth-order valence-corrected chi connectivity index (χ4v) is 1.41. The summed E-state index contributed by atoms with van der Waals surface area (Å²) >= 11 is 0. The fraction of sp³-hybridized carbons (Fsp3) is 0.500. The molecule has 2 N–H and O–H groups in total. The number of hydrogen-bond acceptors (Lipinski definition) is 2. The lowest BCUT2D eigenvalue weighted by Gasteiger charge is -2.09. The lowest BCUT2D eigenvalue weighted by atomic mass is 10.1. The third-order valence-corrected chi connectivity index (χ3v) is 2.26. The van der Waals surface area contributed by atoms with E-state index in [0.717, 1.165) is 6.54 Å². The molecule has 0 aliphatic heterocycles. The normalized spacial score (nSPS) is 12.9. The van der Waals surface area contributed by atoms with E-state index in [1.54, 1.807) is 6.92 Å². The number of aliphatic hydroxyl groups is 1. The molecule has 1 unspecified atom stereocenters. The highest BCUT2D eigenvalue weighted by Gasteiger charge is 1.99. The molecule has 0 fully saturated rings. The molecule has 1 rings (SSSR count). The van der Waals surface area contributed by atoms with Crippen molar-refractivity contribution in [2.75, 3.05) is 6.54 Å². The molecule has 0 saturated heterocycles. The van der Waals surface area contributed by atoms with Crippen LogP contribution in [0.1, 0.15) is 23.6 Å². The van der Waals surface area contributed by atoms with Crippen LogP contribution in [0.3, 0.4) is 0 Å². The summed E-state index contributed by atoms with van der Waals surface area (Å²) in [6, 6.07) is 6.44. The van der Waals surface area contributed by atoms with Crippen LogP contribution in [0.2, 0.25) is 0 Å². The number of aryl methyl sites for hydroxylation is 2. The summed E-state index contributed by atoms with van der Waals surface area (Å²) in [5.74, 6) is 0. The smallest absolute Gasteiger partial charge is 0.0636 e. The maximum Gasteiger partial charge on any atom is 0.0636 e. The van der Waals surface area contributed by atoms with Crippen molar-refractivity contribution in [3.8, 4) is 0 Å². The predicted octanol–water partition coefficient (Wildman–Crippen LogP) is 1.77. The van der Waals surface area contributed by atoms with Crippen LogP contribution in [0.25, 0.3) is 0 Å². The predicted molar refractivity (Wildman–Crippen MR) is 59.3 cm³/mol. The molecule has 0 saturated carbocycles. The van der Waals surface area contributed by atoms with Crippen LogP contribution < -0.4 is 5.32 Å². The maximum atomic E-state index is 9.09. The molecule has 0 aliphatic carbocycles. The van der Waals surface area contributed by atoms with Crippen molar-refractivity contribution in [2.45, 2.75) is 33.4 Å². The number of hydrogen-bond donors (Lipinski definition) is 2. The van der Waals surface area contributed by atoms with Gasteiger partial charge in [0.25, 0.3) is 0 Å². The van der Waals surface area contributed by atoms with Crippen molar-refractivity contribution in [3.63, 3.8) is 0 Å². The molecule has 1 aromatic carbocycles. The van der Waals surface area contributed by atoms with Crippen molar-refractivity contribution >= 4 is 0 Å². The first-order valence-corrected chi connectivity index (χ1v) is 5.04. The van der Waals surface area contributed by atoms with Gasteiger partial charge in [0.05, 0.1) is 6.10 Å². The summed E-state index contributed by atoms with van der Waals surface area (Å²) in [7, 11) is 0. The summed E-state index contributed by atoms with van der Waals surface area (Å²) in [4.78, 5) is 0. The molecule has 14 heavy (non-hydrogen) atoms. The summed E-state index contributed by atoms with van der Waals surface area (Å²) in [6.07, 6.45) is -0.278. The van der Waals surface area contributed by atoms with Gasteiger partial charge in [-0.15, -0.1) is 0 Å². The highest BCUT2D eigenvalue weighted by molar-refractivity contribution is 5.30. The van der Waals surface area contributed by atoms with Crippen molar-refractivity contribution in [2.24, 2.45) is 0 Å². The van der Waals surface area contributed by atoms with Crippen LogP contribution in [-0.2, 0) is 6.54 Å². The quantitative estimate of drug-likeness (QED) is 0.764. The summed E-state index contributed by atoms with van der Waals surface area (Å²) in [5, 5.41) is 12.3. The molecule has 0 aliphatic rings. The van der Waals surface area contributed by atoms with E-state index in [1.807, 2.05) is 0 Å². The molecule has 2 heteroatoms. The summed E-state index contributed by atoms with van der Waals surface area (Å²) < 4.78 is 0. The second-order valence-electron chi connectivity index (χ2n) is 3.91. The Labute approximate surface area is 86.0 Å². The third-order valence-electron chi connectivity index (χ3n) is 2.26. The first-order valence-electron chi connectivity index (χ1n) is 5.04. The molecule has 1 aromatic rings. The van der Waals surface area contributed by atoms with Crippen LogP contribution >= 0.6 is 0 Å².